The topological polar surface area (TPSA) is 67.9 Å². The van der Waals surface area contributed by atoms with Gasteiger partial charge in [0.1, 0.15) is 4.32 Å². The predicted molar refractivity (Wildman–Crippen MR) is 128 cm³/mol. The van der Waals surface area contributed by atoms with Gasteiger partial charge >= 0.3 is 0 Å². The predicted octanol–water partition coefficient (Wildman–Crippen LogP) is 4.63. The highest BCUT2D eigenvalue weighted by molar-refractivity contribution is 8.26. The number of methoxy groups -OCH3 is 2. The minimum Gasteiger partial charge on any atom is -0.493 e. The van der Waals surface area contributed by atoms with Gasteiger partial charge in [0.2, 0.25) is 5.91 Å². The highest BCUT2D eigenvalue weighted by Crippen LogP contribution is 2.34. The van der Waals surface area contributed by atoms with Crippen LogP contribution in [0.4, 0.5) is 5.69 Å². The number of thioether (sulfide) groups is 1. The maximum Gasteiger partial charge on any atom is 0.266 e. The highest BCUT2D eigenvalue weighted by Gasteiger charge is 2.31. The van der Waals surface area contributed by atoms with Crippen LogP contribution in [0.25, 0.3) is 6.08 Å². The summed E-state index contributed by atoms with van der Waals surface area (Å²) >= 11 is 6.64. The molecular weight excluding hydrogens is 432 g/mol. The van der Waals surface area contributed by atoms with Crippen LogP contribution in [0.15, 0.2) is 47.4 Å². The van der Waals surface area contributed by atoms with Crippen LogP contribution in [0, 0.1) is 6.92 Å². The van der Waals surface area contributed by atoms with Gasteiger partial charge in [0.05, 0.1) is 19.1 Å². The Morgan fingerprint density at radius 3 is 2.61 bits per heavy atom. The molecule has 1 fully saturated rings. The molecule has 0 radical (unpaired) electrons. The van der Waals surface area contributed by atoms with E-state index in [-0.39, 0.29) is 11.8 Å². The van der Waals surface area contributed by atoms with Crippen molar-refractivity contribution < 1.29 is 19.1 Å². The number of hydrogen-bond donors (Lipinski definition) is 1. The van der Waals surface area contributed by atoms with Crippen molar-refractivity contribution in [1.29, 1.82) is 0 Å². The second-order valence-electron chi connectivity index (χ2n) is 6.91. The second kappa shape index (κ2) is 10.5. The van der Waals surface area contributed by atoms with Crippen molar-refractivity contribution in [3.8, 4) is 11.5 Å². The zero-order valence-electron chi connectivity index (χ0n) is 17.6. The Morgan fingerprint density at radius 1 is 1.16 bits per heavy atom. The van der Waals surface area contributed by atoms with E-state index in [1.165, 1.54) is 11.8 Å². The SMILES string of the molecule is COc1ccc(/C=C2\SC(=S)N(CCCC(=O)Nc3ccccc3C)C2=O)cc1OC. The van der Waals surface area contributed by atoms with Crippen LogP contribution in [-0.4, -0.2) is 41.8 Å². The third kappa shape index (κ3) is 5.65. The van der Waals surface area contributed by atoms with Gasteiger partial charge in [-0.1, -0.05) is 48.2 Å². The first kappa shape index (κ1) is 22.8. The molecule has 1 saturated heterocycles. The summed E-state index contributed by atoms with van der Waals surface area (Å²) in [4.78, 5) is 27.1. The van der Waals surface area contributed by atoms with E-state index in [1.807, 2.05) is 37.3 Å². The summed E-state index contributed by atoms with van der Waals surface area (Å²) in [5, 5.41) is 2.91. The van der Waals surface area contributed by atoms with Crippen molar-refractivity contribution in [3.05, 3.63) is 58.5 Å². The summed E-state index contributed by atoms with van der Waals surface area (Å²) in [6, 6.07) is 13.1. The molecular formula is C23H24N2O4S2. The van der Waals surface area contributed by atoms with E-state index >= 15 is 0 Å². The van der Waals surface area contributed by atoms with Gasteiger partial charge < -0.3 is 14.8 Å². The fraction of sp³-hybridized carbons (Fsp3) is 0.261. The lowest BCUT2D eigenvalue weighted by atomic mass is 10.2. The summed E-state index contributed by atoms with van der Waals surface area (Å²) in [6.45, 7) is 2.34. The molecule has 0 bridgehead atoms. The summed E-state index contributed by atoms with van der Waals surface area (Å²) in [7, 11) is 3.14. The van der Waals surface area contributed by atoms with Crippen LogP contribution in [-0.2, 0) is 9.59 Å². The van der Waals surface area contributed by atoms with E-state index < -0.39 is 0 Å². The van der Waals surface area contributed by atoms with E-state index in [0.29, 0.717) is 40.1 Å². The lowest BCUT2D eigenvalue weighted by molar-refractivity contribution is -0.122. The number of aryl methyl sites for hydroxylation is 1. The van der Waals surface area contributed by atoms with E-state index in [1.54, 1.807) is 37.3 Å². The van der Waals surface area contributed by atoms with Crippen LogP contribution in [0.3, 0.4) is 0 Å². The number of rotatable bonds is 8. The van der Waals surface area contributed by atoms with Crippen LogP contribution in [0.1, 0.15) is 24.0 Å². The zero-order chi connectivity index (χ0) is 22.4. The van der Waals surface area contributed by atoms with Crippen LogP contribution in [0.2, 0.25) is 0 Å². The molecule has 31 heavy (non-hydrogen) atoms. The monoisotopic (exact) mass is 456 g/mol. The summed E-state index contributed by atoms with van der Waals surface area (Å²) in [5.74, 6) is 0.979. The Hall–Kier alpha value is -2.84. The van der Waals surface area contributed by atoms with E-state index in [4.69, 9.17) is 21.7 Å². The van der Waals surface area contributed by atoms with Gasteiger partial charge in [-0.3, -0.25) is 14.5 Å². The quantitative estimate of drug-likeness (QED) is 0.461. The maximum atomic E-state index is 12.8. The third-order valence-corrected chi connectivity index (χ3v) is 6.16. The molecule has 6 nitrogen and oxygen atoms in total. The molecule has 1 aliphatic rings. The number of nitrogens with one attached hydrogen (secondary N) is 1. The van der Waals surface area contributed by atoms with Gasteiger partial charge in [-0.15, -0.1) is 0 Å². The minimum atomic E-state index is -0.149. The number of para-hydroxylation sites is 1. The normalized spacial score (nSPS) is 14.8. The van der Waals surface area contributed by atoms with Crippen molar-refractivity contribution >= 4 is 51.9 Å². The fourth-order valence-electron chi connectivity index (χ4n) is 3.11. The number of anilines is 1. The van der Waals surface area contributed by atoms with Crippen molar-refractivity contribution in [2.24, 2.45) is 0 Å². The molecule has 0 unspecified atom stereocenters. The second-order valence-corrected chi connectivity index (χ2v) is 8.59. The Kier molecular flexibility index (Phi) is 7.70. The van der Waals surface area contributed by atoms with Gasteiger partial charge in [0, 0.05) is 18.7 Å². The van der Waals surface area contributed by atoms with Crippen molar-refractivity contribution in [2.75, 3.05) is 26.1 Å². The number of carbonyl (C=O) groups is 2. The number of nitrogens with zero attached hydrogens (tertiary/aromatic N) is 1. The summed E-state index contributed by atoms with van der Waals surface area (Å²) in [5.41, 5.74) is 2.62. The Labute approximate surface area is 191 Å². The Bertz CT molecular complexity index is 1040. The molecule has 0 atom stereocenters. The molecule has 2 aromatic carbocycles. The smallest absolute Gasteiger partial charge is 0.266 e. The van der Waals surface area contributed by atoms with Gasteiger partial charge in [-0.25, -0.2) is 0 Å². The molecule has 1 heterocycles. The first-order valence-electron chi connectivity index (χ1n) is 9.76. The largest absolute Gasteiger partial charge is 0.493 e. The number of carbonyl (C=O) groups excluding carboxylic acids is 2. The zero-order valence-corrected chi connectivity index (χ0v) is 19.3. The number of benzene rings is 2. The van der Waals surface area contributed by atoms with Gasteiger partial charge in [0.15, 0.2) is 11.5 Å². The van der Waals surface area contributed by atoms with Crippen LogP contribution < -0.4 is 14.8 Å². The molecule has 0 aromatic heterocycles. The van der Waals surface area contributed by atoms with E-state index in [2.05, 4.69) is 5.32 Å². The van der Waals surface area contributed by atoms with Gasteiger partial charge in [-0.05, 0) is 48.7 Å². The Balaban J connectivity index is 1.58. The van der Waals surface area contributed by atoms with Gasteiger partial charge in [0.25, 0.3) is 5.91 Å². The van der Waals surface area contributed by atoms with Crippen LogP contribution in [0.5, 0.6) is 11.5 Å². The van der Waals surface area contributed by atoms with Crippen molar-refractivity contribution in [2.45, 2.75) is 19.8 Å². The number of amides is 2. The fourth-order valence-corrected chi connectivity index (χ4v) is 4.42. The number of thiocarbonyl (C=S) groups is 1. The number of hydrogen-bond acceptors (Lipinski definition) is 6. The highest BCUT2D eigenvalue weighted by atomic mass is 32.2. The molecule has 3 rings (SSSR count). The lowest BCUT2D eigenvalue weighted by Crippen LogP contribution is -2.29. The minimum absolute atomic E-state index is 0.0828. The first-order valence-corrected chi connectivity index (χ1v) is 11.0. The maximum absolute atomic E-state index is 12.8. The van der Waals surface area contributed by atoms with Crippen LogP contribution >= 0.6 is 24.0 Å². The molecule has 0 aliphatic carbocycles. The van der Waals surface area contributed by atoms with Gasteiger partial charge in [-0.2, -0.15) is 0 Å². The molecule has 2 amide bonds. The first-order chi connectivity index (χ1) is 14.9. The molecule has 2 aromatic rings. The standard InChI is InChI=1S/C23H24N2O4S2/c1-15-7-4-5-8-17(15)24-21(26)9-6-12-25-22(27)20(31-23(25)30)14-16-10-11-18(28-2)19(13-16)29-3/h4-5,7-8,10-11,13-14H,6,9,12H2,1-3H3,(H,24,26)/b20-14-. The number of ether oxygens (including phenoxy) is 2. The summed E-state index contributed by atoms with van der Waals surface area (Å²) in [6.07, 6.45) is 2.61. The van der Waals surface area contributed by atoms with E-state index in [0.717, 1.165) is 16.8 Å². The van der Waals surface area contributed by atoms with Crippen molar-refractivity contribution in [1.82, 2.24) is 4.90 Å². The molecule has 8 heteroatoms. The Morgan fingerprint density at radius 2 is 1.90 bits per heavy atom. The van der Waals surface area contributed by atoms with Crippen molar-refractivity contribution in [3.63, 3.8) is 0 Å². The molecule has 0 spiro atoms. The summed E-state index contributed by atoms with van der Waals surface area (Å²) < 4.78 is 11.1. The lowest BCUT2D eigenvalue weighted by Gasteiger charge is -2.14. The molecule has 0 saturated carbocycles. The average molecular weight is 457 g/mol. The third-order valence-electron chi connectivity index (χ3n) is 4.78. The van der Waals surface area contributed by atoms with E-state index in [9.17, 15) is 9.59 Å². The molecule has 1 N–H and O–H groups in total. The molecule has 1 aliphatic heterocycles. The average Bonchev–Trinajstić information content (AvgIpc) is 3.02. The molecule has 162 valence electrons.